The van der Waals surface area contributed by atoms with Gasteiger partial charge in [0.2, 0.25) is 0 Å². The second-order valence-corrected chi connectivity index (χ2v) is 6.87. The average Bonchev–Trinajstić information content (AvgIpc) is 2.91. The quantitative estimate of drug-likeness (QED) is 0.572. The Balaban J connectivity index is 0.000000924. The molecule has 4 heteroatoms. The first kappa shape index (κ1) is 17.5. The Morgan fingerprint density at radius 3 is 2.22 bits per heavy atom. The van der Waals surface area contributed by atoms with Crippen molar-refractivity contribution in [1.29, 1.82) is 0 Å². The fourth-order valence-corrected chi connectivity index (χ4v) is 2.48. The number of nitrogens with zero attached hydrogens (tertiary/aromatic N) is 3. The van der Waals surface area contributed by atoms with Gasteiger partial charge in [0.25, 0.3) is 0 Å². The maximum absolute atomic E-state index is 6.01. The minimum Gasteiger partial charge on any atom is -0.150 e. The molecule has 0 amide bonds. The molecule has 0 aliphatic carbocycles. The van der Waals surface area contributed by atoms with Crippen LogP contribution in [0.1, 0.15) is 45.7 Å². The van der Waals surface area contributed by atoms with Gasteiger partial charge in [-0.25, -0.2) is 0 Å². The molecule has 23 heavy (non-hydrogen) atoms. The van der Waals surface area contributed by atoms with E-state index in [0.717, 1.165) is 16.7 Å². The number of rotatable bonds is 1. The van der Waals surface area contributed by atoms with Gasteiger partial charge in [-0.3, -0.25) is 0 Å². The Kier molecular flexibility index (Phi) is 5.10. The third-order valence-electron chi connectivity index (χ3n) is 3.50. The monoisotopic (exact) mass is 329 g/mol. The molecule has 0 aliphatic heterocycles. The van der Waals surface area contributed by atoms with Crippen LogP contribution in [0, 0.1) is 6.92 Å². The summed E-state index contributed by atoms with van der Waals surface area (Å²) in [6.07, 6.45) is 0. The van der Waals surface area contributed by atoms with Crippen LogP contribution in [-0.2, 0) is 5.41 Å². The van der Waals surface area contributed by atoms with Crippen molar-refractivity contribution < 1.29 is 0 Å². The van der Waals surface area contributed by atoms with Crippen molar-refractivity contribution in [3.05, 3.63) is 52.5 Å². The van der Waals surface area contributed by atoms with Gasteiger partial charge in [-0.05, 0) is 53.8 Å². The van der Waals surface area contributed by atoms with Crippen molar-refractivity contribution >= 4 is 22.6 Å². The molecular weight excluding hydrogens is 306 g/mol. The summed E-state index contributed by atoms with van der Waals surface area (Å²) in [6, 6.07) is 12.0. The molecule has 0 N–H and O–H groups in total. The van der Waals surface area contributed by atoms with Gasteiger partial charge in [-0.2, -0.15) is 4.80 Å². The Morgan fingerprint density at radius 2 is 1.57 bits per heavy atom. The van der Waals surface area contributed by atoms with E-state index in [1.54, 1.807) is 4.80 Å². The maximum Gasteiger partial charge on any atom is 0.115 e. The highest BCUT2D eigenvalue weighted by atomic mass is 35.5. The molecule has 0 saturated heterocycles. The zero-order valence-electron chi connectivity index (χ0n) is 14.7. The van der Waals surface area contributed by atoms with Crippen LogP contribution in [0.25, 0.3) is 16.7 Å². The van der Waals surface area contributed by atoms with Gasteiger partial charge in [-0.1, -0.05) is 52.3 Å². The molecule has 3 rings (SSSR count). The van der Waals surface area contributed by atoms with Crippen molar-refractivity contribution in [2.45, 2.75) is 47.0 Å². The van der Waals surface area contributed by atoms with Crippen LogP contribution in [-0.4, -0.2) is 15.0 Å². The number of fused-ring (bicyclic) bond motifs is 1. The summed E-state index contributed by atoms with van der Waals surface area (Å²) in [5.74, 6) is 0. The summed E-state index contributed by atoms with van der Waals surface area (Å²) < 4.78 is 0. The lowest BCUT2D eigenvalue weighted by atomic mass is 9.86. The summed E-state index contributed by atoms with van der Waals surface area (Å²) in [7, 11) is 0. The third-order valence-corrected chi connectivity index (χ3v) is 3.74. The van der Waals surface area contributed by atoms with Crippen LogP contribution in [0.15, 0.2) is 36.4 Å². The molecule has 0 unspecified atom stereocenters. The van der Waals surface area contributed by atoms with Crippen LogP contribution in [0.3, 0.4) is 0 Å². The fourth-order valence-electron chi connectivity index (χ4n) is 2.31. The van der Waals surface area contributed by atoms with Gasteiger partial charge < -0.3 is 0 Å². The third kappa shape index (κ3) is 3.91. The number of benzene rings is 2. The highest BCUT2D eigenvalue weighted by Gasteiger charge is 2.16. The maximum atomic E-state index is 6.01. The number of halogens is 1. The van der Waals surface area contributed by atoms with Gasteiger partial charge in [-0.15, -0.1) is 10.2 Å². The number of aryl methyl sites for hydroxylation is 1. The lowest BCUT2D eigenvalue weighted by Gasteiger charge is -2.20. The van der Waals surface area contributed by atoms with Gasteiger partial charge >= 0.3 is 0 Å². The standard InChI is InChI=1S/C17H18ClN3.C2H6/c1-11-7-12(17(2,3)4)9-14(8-11)21-19-15-6-5-13(18)10-16(15)20-21;1-2/h5-10H,1-4H3;1-2H3. The van der Waals surface area contributed by atoms with Crippen LogP contribution >= 0.6 is 11.6 Å². The molecule has 0 spiro atoms. The largest absolute Gasteiger partial charge is 0.150 e. The lowest BCUT2D eigenvalue weighted by Crippen LogP contribution is -2.12. The molecule has 3 aromatic rings. The SMILES string of the molecule is CC.Cc1cc(-n2nc3ccc(Cl)cc3n2)cc(C(C)(C)C)c1. The molecule has 0 fully saturated rings. The van der Waals surface area contributed by atoms with E-state index in [1.807, 2.05) is 32.0 Å². The minimum atomic E-state index is 0.0939. The first-order valence-electron chi connectivity index (χ1n) is 7.98. The molecule has 1 heterocycles. The summed E-state index contributed by atoms with van der Waals surface area (Å²) >= 11 is 6.01. The van der Waals surface area contributed by atoms with E-state index in [1.165, 1.54) is 11.1 Å². The zero-order chi connectivity index (χ0) is 17.2. The summed E-state index contributed by atoms with van der Waals surface area (Å²) in [5, 5.41) is 9.74. The van der Waals surface area contributed by atoms with Crippen LogP contribution < -0.4 is 0 Å². The average molecular weight is 330 g/mol. The number of aromatic nitrogens is 3. The van der Waals surface area contributed by atoms with E-state index >= 15 is 0 Å². The van der Waals surface area contributed by atoms with Crippen molar-refractivity contribution in [3.8, 4) is 5.69 Å². The van der Waals surface area contributed by atoms with Crippen LogP contribution in [0.5, 0.6) is 0 Å². The first-order chi connectivity index (χ1) is 10.8. The predicted octanol–water partition coefficient (Wildman–Crippen LogP) is 5.71. The highest BCUT2D eigenvalue weighted by molar-refractivity contribution is 6.31. The smallest absolute Gasteiger partial charge is 0.115 e. The molecule has 1 aromatic heterocycles. The molecule has 0 atom stereocenters. The molecule has 0 saturated carbocycles. The molecular formula is C19H24ClN3. The zero-order valence-corrected chi connectivity index (χ0v) is 15.4. The van der Waals surface area contributed by atoms with Crippen molar-refractivity contribution in [1.82, 2.24) is 15.0 Å². The Labute approximate surface area is 143 Å². The Hall–Kier alpha value is -1.87. The van der Waals surface area contributed by atoms with Crippen LogP contribution in [0.2, 0.25) is 5.02 Å². The molecule has 0 radical (unpaired) electrons. The molecule has 122 valence electrons. The van der Waals surface area contributed by atoms with E-state index in [2.05, 4.69) is 56.1 Å². The van der Waals surface area contributed by atoms with Crippen molar-refractivity contribution in [3.63, 3.8) is 0 Å². The van der Waals surface area contributed by atoms with Gasteiger partial charge in [0, 0.05) is 5.02 Å². The number of hydrogen-bond donors (Lipinski definition) is 0. The molecule has 2 aromatic carbocycles. The summed E-state index contributed by atoms with van der Waals surface area (Å²) in [5.41, 5.74) is 5.21. The van der Waals surface area contributed by atoms with E-state index in [4.69, 9.17) is 11.6 Å². The second-order valence-electron chi connectivity index (χ2n) is 6.43. The van der Waals surface area contributed by atoms with Gasteiger partial charge in [0.1, 0.15) is 11.0 Å². The Morgan fingerprint density at radius 1 is 0.913 bits per heavy atom. The normalized spacial score (nSPS) is 11.3. The summed E-state index contributed by atoms with van der Waals surface area (Å²) in [4.78, 5) is 1.68. The van der Waals surface area contributed by atoms with Gasteiger partial charge in [0.15, 0.2) is 0 Å². The predicted molar refractivity (Wildman–Crippen MR) is 98.7 cm³/mol. The summed E-state index contributed by atoms with van der Waals surface area (Å²) in [6.45, 7) is 12.7. The molecule has 3 nitrogen and oxygen atoms in total. The van der Waals surface area contributed by atoms with E-state index in [-0.39, 0.29) is 5.41 Å². The van der Waals surface area contributed by atoms with E-state index in [9.17, 15) is 0 Å². The topological polar surface area (TPSA) is 30.7 Å². The van der Waals surface area contributed by atoms with Gasteiger partial charge in [0.05, 0.1) is 5.69 Å². The fraction of sp³-hybridized carbons (Fsp3) is 0.368. The van der Waals surface area contributed by atoms with Crippen LogP contribution in [0.4, 0.5) is 0 Å². The lowest BCUT2D eigenvalue weighted by molar-refractivity contribution is 0.588. The Bertz CT molecular complexity index is 813. The van der Waals surface area contributed by atoms with Crippen molar-refractivity contribution in [2.75, 3.05) is 0 Å². The molecule has 0 bridgehead atoms. The first-order valence-corrected chi connectivity index (χ1v) is 8.36. The minimum absolute atomic E-state index is 0.0939. The highest BCUT2D eigenvalue weighted by Crippen LogP contribution is 2.26. The van der Waals surface area contributed by atoms with Crippen molar-refractivity contribution in [2.24, 2.45) is 0 Å². The van der Waals surface area contributed by atoms with E-state index < -0.39 is 0 Å². The number of hydrogen-bond acceptors (Lipinski definition) is 2. The second kappa shape index (κ2) is 6.71. The molecule has 0 aliphatic rings. The van der Waals surface area contributed by atoms with E-state index in [0.29, 0.717) is 5.02 Å².